The fraction of sp³-hybridized carbons (Fsp3) is 0.414. The van der Waals surface area contributed by atoms with Gasteiger partial charge in [0.05, 0.1) is 23.5 Å². The third kappa shape index (κ3) is 2.83. The number of aromatic nitrogens is 1. The molecule has 5 unspecified atom stereocenters. The molecule has 1 aromatic heterocycles. The lowest BCUT2D eigenvalue weighted by atomic mass is 9.69. The van der Waals surface area contributed by atoms with Gasteiger partial charge in [-0.1, -0.05) is 62.4 Å². The third-order valence-electron chi connectivity index (χ3n) is 10.1. The number of carbonyl (C=O) groups is 1. The Balaban J connectivity index is 1.37. The molecule has 0 radical (unpaired) electrons. The molecule has 2 aliphatic heterocycles. The molecule has 2 aliphatic carbocycles. The summed E-state index contributed by atoms with van der Waals surface area (Å²) in [6, 6.07) is 16.2. The summed E-state index contributed by atoms with van der Waals surface area (Å²) in [6.45, 7) is 4.30. The van der Waals surface area contributed by atoms with E-state index in [-0.39, 0.29) is 34.5 Å². The first-order valence-corrected chi connectivity index (χ1v) is 14.8. The van der Waals surface area contributed by atoms with E-state index < -0.39 is 33.4 Å². The van der Waals surface area contributed by atoms with Crippen molar-refractivity contribution in [2.24, 2.45) is 16.7 Å². The number of fused-ring (bicyclic) bond motifs is 2. The minimum Gasteiger partial charge on any atom is -0.494 e. The second kappa shape index (κ2) is 7.64. The lowest BCUT2D eigenvalue weighted by molar-refractivity contribution is -0.131. The van der Waals surface area contributed by atoms with Crippen LogP contribution in [0.15, 0.2) is 60.7 Å². The maximum Gasteiger partial charge on any atom is 0.258 e. The number of nitrogens with zero attached hydrogens (tertiary/aromatic N) is 2. The first kappa shape index (κ1) is 23.8. The number of sulfonamides is 1. The smallest absolute Gasteiger partial charge is 0.258 e. The number of para-hydroxylation sites is 1. The van der Waals surface area contributed by atoms with Crippen LogP contribution >= 0.6 is 0 Å². The van der Waals surface area contributed by atoms with Gasteiger partial charge in [-0.15, -0.1) is 0 Å². The van der Waals surface area contributed by atoms with Gasteiger partial charge in [0.15, 0.2) is 0 Å². The highest BCUT2D eigenvalue weighted by atomic mass is 32.2. The van der Waals surface area contributed by atoms with Crippen molar-refractivity contribution in [3.05, 3.63) is 77.4 Å². The normalized spacial score (nSPS) is 31.9. The van der Waals surface area contributed by atoms with Gasteiger partial charge in [0.1, 0.15) is 6.04 Å². The van der Waals surface area contributed by atoms with Crippen molar-refractivity contribution in [2.75, 3.05) is 5.75 Å². The first-order chi connectivity index (χ1) is 18.1. The van der Waals surface area contributed by atoms with Crippen LogP contribution < -0.4 is 5.32 Å². The molecule has 3 aromatic rings. The van der Waals surface area contributed by atoms with Crippen LogP contribution in [0, 0.1) is 16.7 Å². The number of hydrogen-bond acceptors (Lipinski definition) is 6. The molecular formula is C29H31N3O5S. The molecule has 1 spiro atoms. The maximum atomic E-state index is 14.3. The molecule has 2 bridgehead atoms. The molecule has 4 aliphatic rings. The van der Waals surface area contributed by atoms with E-state index in [2.05, 4.69) is 19.2 Å². The molecule has 1 saturated heterocycles. The van der Waals surface area contributed by atoms with Crippen LogP contribution in [-0.4, -0.2) is 45.2 Å². The monoisotopic (exact) mass is 533 g/mol. The van der Waals surface area contributed by atoms with Gasteiger partial charge in [-0.25, -0.2) is 12.7 Å². The second-order valence-electron chi connectivity index (χ2n) is 11.8. The van der Waals surface area contributed by atoms with Crippen LogP contribution in [0.2, 0.25) is 0 Å². The molecule has 3 heterocycles. The van der Waals surface area contributed by atoms with Crippen LogP contribution in [0.3, 0.4) is 0 Å². The predicted octanol–water partition coefficient (Wildman–Crippen LogP) is 3.99. The van der Waals surface area contributed by atoms with E-state index in [1.807, 2.05) is 36.4 Å². The van der Waals surface area contributed by atoms with Crippen molar-refractivity contribution in [2.45, 2.75) is 51.2 Å². The lowest BCUT2D eigenvalue weighted by Crippen LogP contribution is -2.47. The Bertz CT molecular complexity index is 1570. The number of amides is 1. The van der Waals surface area contributed by atoms with Crippen molar-refractivity contribution in [1.82, 2.24) is 14.2 Å². The fourth-order valence-electron chi connectivity index (χ4n) is 8.12. The highest BCUT2D eigenvalue weighted by molar-refractivity contribution is 7.90. The van der Waals surface area contributed by atoms with E-state index in [9.17, 15) is 23.4 Å². The van der Waals surface area contributed by atoms with Crippen molar-refractivity contribution in [3.63, 3.8) is 0 Å². The zero-order valence-electron chi connectivity index (χ0n) is 21.3. The van der Waals surface area contributed by atoms with Gasteiger partial charge in [-0.3, -0.25) is 14.7 Å². The van der Waals surface area contributed by atoms with Gasteiger partial charge in [-0.2, -0.15) is 0 Å². The van der Waals surface area contributed by atoms with Gasteiger partial charge in [0, 0.05) is 16.5 Å². The third-order valence-corrected chi connectivity index (χ3v) is 12.0. The Morgan fingerprint density at radius 2 is 1.61 bits per heavy atom. The molecule has 9 heteroatoms. The molecule has 5 atom stereocenters. The molecule has 1 amide bonds. The highest BCUT2D eigenvalue weighted by Crippen LogP contribution is 2.70. The van der Waals surface area contributed by atoms with E-state index >= 15 is 0 Å². The zero-order valence-corrected chi connectivity index (χ0v) is 22.1. The Labute approximate surface area is 222 Å². The largest absolute Gasteiger partial charge is 0.494 e. The van der Waals surface area contributed by atoms with E-state index in [0.29, 0.717) is 23.6 Å². The van der Waals surface area contributed by atoms with Gasteiger partial charge in [0.25, 0.3) is 5.91 Å². The van der Waals surface area contributed by atoms with E-state index in [4.69, 9.17) is 0 Å². The number of carbonyl (C=O) groups excluding carboxylic acids is 1. The fourth-order valence-corrected chi connectivity index (χ4v) is 10.7. The Kier molecular flexibility index (Phi) is 4.78. The van der Waals surface area contributed by atoms with Crippen molar-refractivity contribution >= 4 is 15.9 Å². The second-order valence-corrected chi connectivity index (χ2v) is 13.7. The number of nitrogens with one attached hydrogen (secondary N) is 1. The molecule has 3 fully saturated rings. The molecule has 198 valence electrons. The summed E-state index contributed by atoms with van der Waals surface area (Å²) in [7, 11) is -3.86. The molecular weight excluding hydrogens is 502 g/mol. The SMILES string of the molecule is CC1(C)C2CCC13CS(=O)(=O)N(C(=O)C1NC(c4ccccc4)c4c1c(O)n(-c1ccccc1)c4O)C3C2. The maximum absolute atomic E-state index is 14.3. The quantitative estimate of drug-likeness (QED) is 0.470. The number of aromatic hydroxyl groups is 2. The number of hydrogen-bond donors (Lipinski definition) is 3. The molecule has 2 aromatic carbocycles. The van der Waals surface area contributed by atoms with Crippen LogP contribution in [0.4, 0.5) is 0 Å². The highest BCUT2D eigenvalue weighted by Gasteiger charge is 2.72. The first-order valence-electron chi connectivity index (χ1n) is 13.2. The summed E-state index contributed by atoms with van der Waals surface area (Å²) >= 11 is 0. The van der Waals surface area contributed by atoms with Crippen LogP contribution in [0.5, 0.6) is 11.8 Å². The Hall–Kier alpha value is -3.30. The van der Waals surface area contributed by atoms with Gasteiger partial charge in [-0.05, 0) is 48.3 Å². The van der Waals surface area contributed by atoms with Crippen LogP contribution in [0.25, 0.3) is 5.69 Å². The summed E-state index contributed by atoms with van der Waals surface area (Å²) in [5, 5.41) is 26.1. The Morgan fingerprint density at radius 1 is 0.974 bits per heavy atom. The standard InChI is InChI=1S/C29H31N3O5S/c1-28(2)18-13-14-29(28)16-38(36,37)32(20(29)15-18)27(35)24-22-21(23(30-24)17-9-5-3-6-10-17)25(33)31(26(22)34)19-11-7-4-8-12-19/h3-12,18,20,23-24,30,33-34H,13-16H2,1-2H3. The minimum absolute atomic E-state index is 0.0240. The number of rotatable bonds is 3. The molecule has 2 saturated carbocycles. The summed E-state index contributed by atoms with van der Waals surface area (Å²) < 4.78 is 29.8. The molecule has 3 N–H and O–H groups in total. The lowest BCUT2D eigenvalue weighted by Gasteiger charge is -2.37. The van der Waals surface area contributed by atoms with Crippen molar-refractivity contribution in [3.8, 4) is 17.4 Å². The van der Waals surface area contributed by atoms with Gasteiger partial charge in [0.2, 0.25) is 21.8 Å². The van der Waals surface area contributed by atoms with E-state index in [1.54, 1.807) is 24.3 Å². The van der Waals surface area contributed by atoms with Gasteiger partial charge < -0.3 is 10.2 Å². The van der Waals surface area contributed by atoms with Crippen molar-refractivity contribution < 1.29 is 23.4 Å². The van der Waals surface area contributed by atoms with E-state index in [0.717, 1.165) is 22.7 Å². The predicted molar refractivity (Wildman–Crippen MR) is 141 cm³/mol. The van der Waals surface area contributed by atoms with Gasteiger partial charge >= 0.3 is 0 Å². The minimum atomic E-state index is -3.86. The summed E-state index contributed by atoms with van der Waals surface area (Å²) in [6.07, 6.45) is 2.45. The summed E-state index contributed by atoms with van der Waals surface area (Å²) in [5.41, 5.74) is 1.33. The van der Waals surface area contributed by atoms with Crippen LogP contribution in [-0.2, 0) is 14.8 Å². The summed E-state index contributed by atoms with van der Waals surface area (Å²) in [4.78, 5) is 14.3. The Morgan fingerprint density at radius 3 is 2.26 bits per heavy atom. The average Bonchev–Trinajstić information content (AvgIpc) is 3.60. The topological polar surface area (TPSA) is 112 Å². The van der Waals surface area contributed by atoms with Crippen LogP contribution in [0.1, 0.15) is 61.9 Å². The molecule has 38 heavy (non-hydrogen) atoms. The molecule has 8 nitrogen and oxygen atoms in total. The molecule has 7 rings (SSSR count). The number of benzene rings is 2. The average molecular weight is 534 g/mol. The zero-order chi connectivity index (χ0) is 26.6. The van der Waals surface area contributed by atoms with E-state index in [1.165, 1.54) is 4.57 Å². The summed E-state index contributed by atoms with van der Waals surface area (Å²) in [5.74, 6) is -0.687. The van der Waals surface area contributed by atoms with Crippen molar-refractivity contribution in [1.29, 1.82) is 0 Å².